The van der Waals surface area contributed by atoms with Gasteiger partial charge in [0, 0.05) is 17.5 Å². The van der Waals surface area contributed by atoms with Crippen LogP contribution in [0.4, 0.5) is 0 Å². The molecule has 1 N–H and O–H groups in total. The number of aryl methyl sites for hydroxylation is 1. The van der Waals surface area contributed by atoms with Crippen molar-refractivity contribution in [2.45, 2.75) is 27.7 Å². The molecule has 0 spiro atoms. The molecule has 0 amide bonds. The van der Waals surface area contributed by atoms with E-state index in [4.69, 9.17) is 13.9 Å². The van der Waals surface area contributed by atoms with Gasteiger partial charge in [-0.3, -0.25) is 4.79 Å². The first kappa shape index (κ1) is 19.8. The SMILES string of the molecule is CCN(CC)CCOC(=O)c1oc2c(C(C)=O)c(O)c(OC)cc2c1C. The molecule has 1 aromatic heterocycles. The Bertz CT molecular complexity index is 819. The highest BCUT2D eigenvalue weighted by Gasteiger charge is 2.26. The second-order valence-electron chi connectivity index (χ2n) is 5.95. The number of Topliss-reactive ketones (excluding diaryl/α,β-unsaturated/α-hetero) is 1. The van der Waals surface area contributed by atoms with Crippen LogP contribution in [0, 0.1) is 6.92 Å². The minimum absolute atomic E-state index is 0.00959. The number of rotatable bonds is 8. The van der Waals surface area contributed by atoms with Gasteiger partial charge in [-0.2, -0.15) is 0 Å². The number of benzene rings is 1. The summed E-state index contributed by atoms with van der Waals surface area (Å²) in [6.45, 7) is 9.71. The van der Waals surface area contributed by atoms with Gasteiger partial charge in [-0.1, -0.05) is 13.8 Å². The Hall–Kier alpha value is -2.54. The number of likely N-dealkylation sites (N-methyl/N-ethyl adjacent to an activating group) is 1. The van der Waals surface area contributed by atoms with Crippen LogP contribution in [0.15, 0.2) is 10.5 Å². The molecule has 142 valence electrons. The molecular weight excluding hydrogens is 338 g/mol. The van der Waals surface area contributed by atoms with Crippen LogP contribution in [-0.2, 0) is 4.74 Å². The van der Waals surface area contributed by atoms with Crippen LogP contribution in [0.5, 0.6) is 11.5 Å². The Balaban J connectivity index is 2.37. The lowest BCUT2D eigenvalue weighted by Gasteiger charge is -2.17. The second kappa shape index (κ2) is 8.23. The van der Waals surface area contributed by atoms with Crippen molar-refractivity contribution in [3.8, 4) is 11.5 Å². The summed E-state index contributed by atoms with van der Waals surface area (Å²) in [5.74, 6) is -1.12. The zero-order valence-corrected chi connectivity index (χ0v) is 15.8. The third kappa shape index (κ3) is 3.67. The van der Waals surface area contributed by atoms with E-state index in [1.165, 1.54) is 14.0 Å². The number of hydrogen-bond acceptors (Lipinski definition) is 7. The summed E-state index contributed by atoms with van der Waals surface area (Å²) in [5.41, 5.74) is 0.683. The number of carbonyl (C=O) groups is 2. The predicted octanol–water partition coefficient (Wildman–Crippen LogP) is 3.16. The predicted molar refractivity (Wildman–Crippen MR) is 97.2 cm³/mol. The van der Waals surface area contributed by atoms with E-state index in [9.17, 15) is 14.7 Å². The third-order valence-electron chi connectivity index (χ3n) is 4.46. The first-order valence-electron chi connectivity index (χ1n) is 8.59. The number of hydrogen-bond donors (Lipinski definition) is 1. The van der Waals surface area contributed by atoms with Crippen LogP contribution < -0.4 is 4.74 Å². The van der Waals surface area contributed by atoms with E-state index in [2.05, 4.69) is 4.90 Å². The van der Waals surface area contributed by atoms with E-state index in [1.54, 1.807) is 13.0 Å². The highest BCUT2D eigenvalue weighted by Crippen LogP contribution is 2.40. The average molecular weight is 363 g/mol. The van der Waals surface area contributed by atoms with E-state index in [0.717, 1.165) is 13.1 Å². The van der Waals surface area contributed by atoms with Gasteiger partial charge in [0.15, 0.2) is 17.3 Å². The maximum Gasteiger partial charge on any atom is 0.374 e. The van der Waals surface area contributed by atoms with Crippen molar-refractivity contribution in [2.75, 3.05) is 33.4 Å². The molecule has 1 heterocycles. The molecule has 0 saturated heterocycles. The number of phenols is 1. The van der Waals surface area contributed by atoms with Crippen molar-refractivity contribution in [1.29, 1.82) is 0 Å². The summed E-state index contributed by atoms with van der Waals surface area (Å²) in [5, 5.41) is 10.8. The number of methoxy groups -OCH3 is 1. The average Bonchev–Trinajstić information content (AvgIpc) is 2.93. The van der Waals surface area contributed by atoms with Gasteiger partial charge in [0.2, 0.25) is 5.76 Å². The Morgan fingerprint density at radius 1 is 1.27 bits per heavy atom. The standard InChI is InChI=1S/C19H25NO6/c1-6-20(7-2)8-9-25-19(23)17-11(3)13-10-14(24-5)16(22)15(12(4)21)18(13)26-17/h10,22H,6-9H2,1-5H3. The van der Waals surface area contributed by atoms with E-state index in [0.29, 0.717) is 17.5 Å². The summed E-state index contributed by atoms with van der Waals surface area (Å²) >= 11 is 0. The molecule has 0 atom stereocenters. The molecule has 0 aliphatic rings. The number of aromatic hydroxyl groups is 1. The number of phenolic OH excluding ortho intramolecular Hbond substituents is 1. The highest BCUT2D eigenvalue weighted by atomic mass is 16.5. The van der Waals surface area contributed by atoms with Crippen LogP contribution in [0.25, 0.3) is 11.0 Å². The van der Waals surface area contributed by atoms with Gasteiger partial charge < -0.3 is 23.9 Å². The zero-order chi connectivity index (χ0) is 19.4. The van der Waals surface area contributed by atoms with Crippen molar-refractivity contribution < 1.29 is 28.6 Å². The molecule has 0 aliphatic heterocycles. The van der Waals surface area contributed by atoms with Crippen molar-refractivity contribution in [3.63, 3.8) is 0 Å². The Labute approximate surface area is 152 Å². The minimum atomic E-state index is -0.598. The lowest BCUT2D eigenvalue weighted by molar-refractivity contribution is 0.0432. The molecule has 0 aliphatic carbocycles. The molecule has 2 aromatic rings. The molecular formula is C19H25NO6. The van der Waals surface area contributed by atoms with E-state index < -0.39 is 5.97 Å². The summed E-state index contributed by atoms with van der Waals surface area (Å²) in [4.78, 5) is 26.5. The van der Waals surface area contributed by atoms with Crippen LogP contribution in [0.2, 0.25) is 0 Å². The topological polar surface area (TPSA) is 89.2 Å². The first-order valence-corrected chi connectivity index (χ1v) is 8.59. The zero-order valence-electron chi connectivity index (χ0n) is 15.8. The molecule has 26 heavy (non-hydrogen) atoms. The Morgan fingerprint density at radius 3 is 2.46 bits per heavy atom. The smallest absolute Gasteiger partial charge is 0.374 e. The number of ether oxygens (including phenoxy) is 2. The summed E-state index contributed by atoms with van der Waals surface area (Å²) in [6.07, 6.45) is 0. The Morgan fingerprint density at radius 2 is 1.92 bits per heavy atom. The second-order valence-corrected chi connectivity index (χ2v) is 5.95. The molecule has 7 nitrogen and oxygen atoms in total. The molecule has 1 aromatic carbocycles. The number of fused-ring (bicyclic) bond motifs is 1. The maximum atomic E-state index is 12.4. The number of esters is 1. The van der Waals surface area contributed by atoms with Gasteiger partial charge >= 0.3 is 5.97 Å². The molecule has 0 bridgehead atoms. The number of furan rings is 1. The monoisotopic (exact) mass is 363 g/mol. The van der Waals surface area contributed by atoms with Gasteiger partial charge in [-0.15, -0.1) is 0 Å². The van der Waals surface area contributed by atoms with Crippen molar-refractivity contribution in [3.05, 3.63) is 23.0 Å². The fourth-order valence-electron chi connectivity index (χ4n) is 2.87. The molecule has 2 rings (SSSR count). The molecule has 0 saturated carbocycles. The van der Waals surface area contributed by atoms with Crippen molar-refractivity contribution in [1.82, 2.24) is 4.90 Å². The van der Waals surface area contributed by atoms with E-state index >= 15 is 0 Å². The fourth-order valence-corrected chi connectivity index (χ4v) is 2.87. The molecule has 0 radical (unpaired) electrons. The molecule has 0 fully saturated rings. The van der Waals surface area contributed by atoms with E-state index in [1.807, 2.05) is 13.8 Å². The lowest BCUT2D eigenvalue weighted by Crippen LogP contribution is -2.27. The summed E-state index contributed by atoms with van der Waals surface area (Å²) in [6, 6.07) is 1.54. The first-order chi connectivity index (χ1) is 12.3. The van der Waals surface area contributed by atoms with Crippen molar-refractivity contribution in [2.24, 2.45) is 0 Å². The fraction of sp³-hybridized carbons (Fsp3) is 0.474. The van der Waals surface area contributed by atoms with Crippen LogP contribution in [0.1, 0.15) is 47.2 Å². The number of nitrogens with zero attached hydrogens (tertiary/aromatic N) is 1. The summed E-state index contributed by atoms with van der Waals surface area (Å²) < 4.78 is 16.0. The normalized spacial score (nSPS) is 11.2. The van der Waals surface area contributed by atoms with Gasteiger partial charge in [0.05, 0.1) is 7.11 Å². The molecule has 7 heteroatoms. The van der Waals surface area contributed by atoms with Gasteiger partial charge in [0.1, 0.15) is 17.8 Å². The number of carbonyl (C=O) groups excluding carboxylic acids is 2. The molecule has 0 unspecified atom stereocenters. The largest absolute Gasteiger partial charge is 0.504 e. The Kier molecular flexibility index (Phi) is 6.26. The van der Waals surface area contributed by atoms with Crippen LogP contribution in [-0.4, -0.2) is 55.1 Å². The van der Waals surface area contributed by atoms with Gasteiger partial charge in [-0.25, -0.2) is 4.79 Å². The summed E-state index contributed by atoms with van der Waals surface area (Å²) in [7, 11) is 1.39. The van der Waals surface area contributed by atoms with Gasteiger partial charge in [-0.05, 0) is 33.0 Å². The quantitative estimate of drug-likeness (QED) is 0.569. The highest BCUT2D eigenvalue weighted by molar-refractivity contribution is 6.10. The minimum Gasteiger partial charge on any atom is -0.504 e. The van der Waals surface area contributed by atoms with Crippen LogP contribution >= 0.6 is 0 Å². The third-order valence-corrected chi connectivity index (χ3v) is 4.46. The number of ketones is 1. The van der Waals surface area contributed by atoms with Crippen molar-refractivity contribution >= 4 is 22.7 Å². The van der Waals surface area contributed by atoms with Gasteiger partial charge in [0.25, 0.3) is 0 Å². The van der Waals surface area contributed by atoms with Crippen LogP contribution in [0.3, 0.4) is 0 Å². The lowest BCUT2D eigenvalue weighted by atomic mass is 10.0. The maximum absolute atomic E-state index is 12.4. The van der Waals surface area contributed by atoms with E-state index in [-0.39, 0.29) is 40.8 Å².